The summed E-state index contributed by atoms with van der Waals surface area (Å²) in [6.07, 6.45) is 7.22. The molecule has 3 nitrogen and oxygen atoms in total. The van der Waals surface area contributed by atoms with Crippen LogP contribution in [-0.4, -0.2) is 23.3 Å². The fraction of sp³-hybridized carbons (Fsp3) is 0.938. The summed E-state index contributed by atoms with van der Waals surface area (Å²) < 4.78 is 5.57. The summed E-state index contributed by atoms with van der Waals surface area (Å²) in [5, 5.41) is 10.6. The Balaban J connectivity index is 1.66. The van der Waals surface area contributed by atoms with Gasteiger partial charge in [0.2, 0.25) is 0 Å². The minimum absolute atomic E-state index is 0.00278. The third kappa shape index (κ3) is 2.42. The van der Waals surface area contributed by atoms with E-state index in [9.17, 15) is 9.90 Å². The van der Waals surface area contributed by atoms with Crippen LogP contribution in [0, 0.1) is 23.2 Å². The van der Waals surface area contributed by atoms with E-state index in [2.05, 4.69) is 0 Å². The number of ether oxygens (including phenoxy) is 1. The Labute approximate surface area is 115 Å². The third-order valence-corrected chi connectivity index (χ3v) is 5.69. The molecule has 108 valence electrons. The van der Waals surface area contributed by atoms with E-state index in [1.54, 1.807) is 0 Å². The van der Waals surface area contributed by atoms with E-state index < -0.39 is 5.60 Å². The van der Waals surface area contributed by atoms with Gasteiger partial charge in [-0.3, -0.25) is 4.79 Å². The lowest BCUT2D eigenvalue weighted by atomic mass is 9.48. The molecule has 3 heteroatoms. The molecule has 4 aliphatic rings. The fourth-order valence-electron chi connectivity index (χ4n) is 5.10. The zero-order chi connectivity index (χ0) is 13.7. The average molecular weight is 266 g/mol. The molecule has 3 atom stereocenters. The Morgan fingerprint density at radius 1 is 1.32 bits per heavy atom. The molecule has 4 bridgehead atoms. The zero-order valence-corrected chi connectivity index (χ0v) is 12.2. The number of aliphatic hydroxyl groups is 1. The van der Waals surface area contributed by atoms with Crippen molar-refractivity contribution >= 4 is 5.97 Å². The van der Waals surface area contributed by atoms with Gasteiger partial charge in [0.05, 0.1) is 18.1 Å². The average Bonchev–Trinajstić information content (AvgIpc) is 2.32. The summed E-state index contributed by atoms with van der Waals surface area (Å²) >= 11 is 0. The number of carbonyl (C=O) groups excluding carboxylic acids is 1. The highest BCUT2D eigenvalue weighted by Gasteiger charge is 2.57. The lowest BCUT2D eigenvalue weighted by Crippen LogP contribution is -2.57. The van der Waals surface area contributed by atoms with Crippen molar-refractivity contribution in [3.05, 3.63) is 0 Å². The Morgan fingerprint density at radius 2 is 1.95 bits per heavy atom. The Kier molecular flexibility index (Phi) is 3.16. The first kappa shape index (κ1) is 13.4. The van der Waals surface area contributed by atoms with Crippen LogP contribution in [0.1, 0.15) is 58.8 Å². The standard InChI is InChI=1S/C16H26O3/c1-3-11(2)14(17)19-10-15-5-12-4-13(6-15)8-16(18,7-12)9-15/h11-13,18H,3-10H2,1-2H3. The van der Waals surface area contributed by atoms with E-state index in [1.807, 2.05) is 13.8 Å². The molecule has 0 aliphatic heterocycles. The first-order chi connectivity index (χ1) is 8.94. The second-order valence-electron chi connectivity index (χ2n) is 7.60. The van der Waals surface area contributed by atoms with Crippen LogP contribution in [0.2, 0.25) is 0 Å². The topological polar surface area (TPSA) is 46.5 Å². The van der Waals surface area contributed by atoms with Crippen LogP contribution >= 0.6 is 0 Å². The molecule has 4 aliphatic carbocycles. The van der Waals surface area contributed by atoms with Crippen LogP contribution in [0.4, 0.5) is 0 Å². The van der Waals surface area contributed by atoms with Crippen molar-refractivity contribution in [2.75, 3.05) is 6.61 Å². The van der Waals surface area contributed by atoms with Gasteiger partial charge < -0.3 is 9.84 Å². The number of carbonyl (C=O) groups is 1. The maximum absolute atomic E-state index is 11.9. The van der Waals surface area contributed by atoms with Gasteiger partial charge in [-0.2, -0.15) is 0 Å². The monoisotopic (exact) mass is 266 g/mol. The van der Waals surface area contributed by atoms with E-state index >= 15 is 0 Å². The molecule has 0 heterocycles. The van der Waals surface area contributed by atoms with Crippen molar-refractivity contribution in [2.24, 2.45) is 23.2 Å². The number of rotatable bonds is 4. The molecule has 0 spiro atoms. The van der Waals surface area contributed by atoms with Gasteiger partial charge >= 0.3 is 5.97 Å². The van der Waals surface area contributed by atoms with Gasteiger partial charge in [-0.15, -0.1) is 0 Å². The first-order valence-corrected chi connectivity index (χ1v) is 7.83. The lowest BCUT2D eigenvalue weighted by Gasteiger charge is -2.59. The molecule has 0 radical (unpaired) electrons. The summed E-state index contributed by atoms with van der Waals surface area (Å²) in [7, 11) is 0. The minimum Gasteiger partial charge on any atom is -0.465 e. The maximum Gasteiger partial charge on any atom is 0.308 e. The second kappa shape index (κ2) is 4.47. The van der Waals surface area contributed by atoms with Gasteiger partial charge in [-0.25, -0.2) is 0 Å². The van der Waals surface area contributed by atoms with Crippen molar-refractivity contribution in [3.63, 3.8) is 0 Å². The zero-order valence-electron chi connectivity index (χ0n) is 12.2. The predicted octanol–water partition coefficient (Wildman–Crippen LogP) is 2.91. The SMILES string of the molecule is CCC(C)C(=O)OCC12CC3CC(CC(O)(C3)C1)C2. The van der Waals surface area contributed by atoms with Crippen molar-refractivity contribution < 1.29 is 14.6 Å². The van der Waals surface area contributed by atoms with Crippen molar-refractivity contribution in [1.82, 2.24) is 0 Å². The Bertz CT molecular complexity index is 362. The number of esters is 1. The predicted molar refractivity (Wildman–Crippen MR) is 72.5 cm³/mol. The van der Waals surface area contributed by atoms with E-state index in [1.165, 1.54) is 6.42 Å². The molecule has 0 saturated heterocycles. The third-order valence-electron chi connectivity index (χ3n) is 5.69. The minimum atomic E-state index is -0.452. The highest BCUT2D eigenvalue weighted by atomic mass is 16.5. The van der Waals surface area contributed by atoms with Crippen LogP contribution in [0.5, 0.6) is 0 Å². The van der Waals surface area contributed by atoms with Crippen LogP contribution in [0.25, 0.3) is 0 Å². The van der Waals surface area contributed by atoms with Gasteiger partial charge in [0.15, 0.2) is 0 Å². The van der Waals surface area contributed by atoms with E-state index in [0.717, 1.165) is 38.5 Å². The summed E-state index contributed by atoms with van der Waals surface area (Å²) in [5.74, 6) is 1.25. The molecule has 0 aromatic carbocycles. The molecular weight excluding hydrogens is 240 g/mol. The molecule has 0 aromatic heterocycles. The van der Waals surface area contributed by atoms with E-state index in [-0.39, 0.29) is 17.3 Å². The van der Waals surface area contributed by atoms with Crippen LogP contribution in [-0.2, 0) is 9.53 Å². The van der Waals surface area contributed by atoms with Gasteiger partial charge in [0.1, 0.15) is 0 Å². The number of hydrogen-bond acceptors (Lipinski definition) is 3. The van der Waals surface area contributed by atoms with E-state index in [0.29, 0.717) is 18.4 Å². The molecule has 19 heavy (non-hydrogen) atoms. The van der Waals surface area contributed by atoms with Crippen LogP contribution < -0.4 is 0 Å². The summed E-state index contributed by atoms with van der Waals surface area (Å²) in [5.41, 5.74) is -0.366. The van der Waals surface area contributed by atoms with Crippen molar-refractivity contribution in [1.29, 1.82) is 0 Å². The molecule has 0 amide bonds. The quantitative estimate of drug-likeness (QED) is 0.796. The Morgan fingerprint density at radius 3 is 2.47 bits per heavy atom. The van der Waals surface area contributed by atoms with Crippen molar-refractivity contribution in [3.8, 4) is 0 Å². The smallest absolute Gasteiger partial charge is 0.308 e. The van der Waals surface area contributed by atoms with Crippen molar-refractivity contribution in [2.45, 2.75) is 64.4 Å². The van der Waals surface area contributed by atoms with E-state index in [4.69, 9.17) is 4.74 Å². The molecule has 4 fully saturated rings. The highest BCUT2D eigenvalue weighted by molar-refractivity contribution is 5.71. The summed E-state index contributed by atoms with van der Waals surface area (Å²) in [4.78, 5) is 11.9. The van der Waals surface area contributed by atoms with Gasteiger partial charge in [0, 0.05) is 5.41 Å². The summed E-state index contributed by atoms with van der Waals surface area (Å²) in [6, 6.07) is 0. The van der Waals surface area contributed by atoms with Gasteiger partial charge in [0.25, 0.3) is 0 Å². The largest absolute Gasteiger partial charge is 0.465 e. The fourth-order valence-corrected chi connectivity index (χ4v) is 5.10. The summed E-state index contributed by atoms with van der Waals surface area (Å²) in [6.45, 7) is 4.47. The Hall–Kier alpha value is -0.570. The van der Waals surface area contributed by atoms with Gasteiger partial charge in [-0.05, 0) is 56.8 Å². The molecule has 4 rings (SSSR count). The number of hydrogen-bond donors (Lipinski definition) is 1. The molecule has 4 saturated carbocycles. The maximum atomic E-state index is 11.9. The second-order valence-corrected chi connectivity index (χ2v) is 7.60. The first-order valence-electron chi connectivity index (χ1n) is 7.83. The molecular formula is C16H26O3. The lowest BCUT2D eigenvalue weighted by molar-refractivity contribution is -0.188. The van der Waals surface area contributed by atoms with Crippen LogP contribution in [0.3, 0.4) is 0 Å². The molecule has 0 aromatic rings. The molecule has 3 unspecified atom stereocenters. The normalized spacial score (nSPS) is 45.2. The van der Waals surface area contributed by atoms with Gasteiger partial charge in [-0.1, -0.05) is 13.8 Å². The molecule has 1 N–H and O–H groups in total. The van der Waals surface area contributed by atoms with Crippen LogP contribution in [0.15, 0.2) is 0 Å². The highest BCUT2D eigenvalue weighted by Crippen LogP contribution is 2.61.